The molecule has 0 fully saturated rings. The highest BCUT2D eigenvalue weighted by Crippen LogP contribution is 2.19. The molecule has 0 radical (unpaired) electrons. The highest BCUT2D eigenvalue weighted by molar-refractivity contribution is 7.89. The van der Waals surface area contributed by atoms with Crippen molar-refractivity contribution >= 4 is 15.9 Å². The first kappa shape index (κ1) is 18.1. The maximum Gasteiger partial charge on any atom is 0.251 e. The Morgan fingerprint density at radius 2 is 2.08 bits per heavy atom. The topological polar surface area (TPSA) is 114 Å². The lowest BCUT2D eigenvalue weighted by molar-refractivity contribution is 0.0922. The van der Waals surface area contributed by atoms with Crippen molar-refractivity contribution in [2.45, 2.75) is 31.7 Å². The Bertz CT molecular complexity index is 788. The van der Waals surface area contributed by atoms with Gasteiger partial charge in [0.2, 0.25) is 16.4 Å². The molecule has 1 aromatic carbocycles. The van der Waals surface area contributed by atoms with Crippen LogP contribution in [0, 0.1) is 5.92 Å². The van der Waals surface area contributed by atoms with E-state index in [-0.39, 0.29) is 22.9 Å². The average molecular weight is 352 g/mol. The first-order chi connectivity index (χ1) is 11.3. The molecule has 0 aliphatic rings. The molecule has 8 nitrogen and oxygen atoms in total. The Hall–Kier alpha value is -2.26. The Morgan fingerprint density at radius 3 is 2.67 bits per heavy atom. The van der Waals surface area contributed by atoms with Crippen LogP contribution in [0.15, 0.2) is 40.1 Å². The fraction of sp³-hybridized carbons (Fsp3) is 0.400. The molecule has 1 atom stereocenters. The smallest absolute Gasteiger partial charge is 0.251 e. The summed E-state index contributed by atoms with van der Waals surface area (Å²) in [5.74, 6) is -0.0120. The number of hydrogen-bond acceptors (Lipinski definition) is 6. The minimum atomic E-state index is -3.62. The molecule has 0 spiro atoms. The van der Waals surface area contributed by atoms with Crippen molar-refractivity contribution in [2.75, 3.05) is 6.54 Å². The summed E-state index contributed by atoms with van der Waals surface area (Å²) in [5.41, 5.74) is 0.239. The van der Waals surface area contributed by atoms with Crippen LogP contribution in [-0.2, 0) is 10.0 Å². The van der Waals surface area contributed by atoms with Gasteiger partial charge in [-0.1, -0.05) is 32.0 Å². The third-order valence-electron chi connectivity index (χ3n) is 3.35. The lowest BCUT2D eigenvalue weighted by Gasteiger charge is -2.19. The molecular formula is C15H20N4O4S. The van der Waals surface area contributed by atoms with E-state index in [0.29, 0.717) is 5.82 Å². The van der Waals surface area contributed by atoms with Crippen LogP contribution in [0.3, 0.4) is 0 Å². The largest absolute Gasteiger partial charge is 0.343 e. The molecule has 1 aromatic heterocycles. The normalized spacial score (nSPS) is 13.0. The summed E-state index contributed by atoms with van der Waals surface area (Å²) in [4.78, 5) is 16.5. The number of benzene rings is 1. The Balaban J connectivity index is 2.24. The number of sulfonamides is 1. The molecule has 2 N–H and O–H groups in total. The van der Waals surface area contributed by atoms with Crippen LogP contribution in [0.5, 0.6) is 0 Å². The van der Waals surface area contributed by atoms with Crippen molar-refractivity contribution in [2.24, 2.45) is 5.92 Å². The van der Waals surface area contributed by atoms with Crippen LogP contribution >= 0.6 is 0 Å². The van der Waals surface area contributed by atoms with Crippen LogP contribution in [0.25, 0.3) is 0 Å². The molecule has 0 bridgehead atoms. The number of carbonyl (C=O) groups excluding carboxylic acids is 1. The third-order valence-corrected chi connectivity index (χ3v) is 4.89. The first-order valence-electron chi connectivity index (χ1n) is 7.52. The van der Waals surface area contributed by atoms with E-state index in [1.807, 2.05) is 13.8 Å². The van der Waals surface area contributed by atoms with Crippen LogP contribution in [0.2, 0.25) is 0 Å². The fourth-order valence-corrected chi connectivity index (χ4v) is 3.23. The molecule has 0 saturated carbocycles. The van der Waals surface area contributed by atoms with E-state index in [2.05, 4.69) is 20.2 Å². The van der Waals surface area contributed by atoms with Gasteiger partial charge in [0.1, 0.15) is 0 Å². The summed E-state index contributed by atoms with van der Waals surface area (Å²) in [6.45, 7) is 5.78. The Kier molecular flexibility index (Phi) is 5.68. The van der Waals surface area contributed by atoms with E-state index in [1.165, 1.54) is 24.6 Å². The summed E-state index contributed by atoms with van der Waals surface area (Å²) < 4.78 is 31.2. The van der Waals surface area contributed by atoms with E-state index in [9.17, 15) is 13.2 Å². The summed E-state index contributed by atoms with van der Waals surface area (Å²) in [6.07, 6.45) is 1.19. The van der Waals surface area contributed by atoms with E-state index < -0.39 is 22.0 Å². The van der Waals surface area contributed by atoms with Gasteiger partial charge in [0.25, 0.3) is 5.91 Å². The van der Waals surface area contributed by atoms with Crippen molar-refractivity contribution in [3.05, 3.63) is 42.0 Å². The molecule has 0 aliphatic carbocycles. The van der Waals surface area contributed by atoms with Crippen LogP contribution in [0.1, 0.15) is 43.0 Å². The monoisotopic (exact) mass is 352 g/mol. The van der Waals surface area contributed by atoms with Gasteiger partial charge in [-0.05, 0) is 24.1 Å². The van der Waals surface area contributed by atoms with Crippen molar-refractivity contribution in [3.8, 4) is 0 Å². The number of carbonyl (C=O) groups is 1. The number of aromatic nitrogens is 2. The lowest BCUT2D eigenvalue weighted by Crippen LogP contribution is -2.32. The van der Waals surface area contributed by atoms with Crippen LogP contribution < -0.4 is 10.0 Å². The zero-order valence-electron chi connectivity index (χ0n) is 13.7. The van der Waals surface area contributed by atoms with Gasteiger partial charge in [0.05, 0.1) is 10.9 Å². The van der Waals surface area contributed by atoms with Gasteiger partial charge in [-0.3, -0.25) is 4.79 Å². The second-order valence-electron chi connectivity index (χ2n) is 5.51. The molecular weight excluding hydrogens is 332 g/mol. The van der Waals surface area contributed by atoms with E-state index in [1.54, 1.807) is 13.0 Å². The molecule has 130 valence electrons. The minimum Gasteiger partial charge on any atom is -0.343 e. The number of nitrogens with zero attached hydrogens (tertiary/aromatic N) is 2. The summed E-state index contributed by atoms with van der Waals surface area (Å²) in [6, 6.07) is 5.41. The SMILES string of the molecule is CCNS(=O)(=O)c1cccc(C(=O)NC(c2ncon2)C(C)C)c1. The predicted octanol–water partition coefficient (Wildman–Crippen LogP) is 1.49. The maximum absolute atomic E-state index is 12.5. The first-order valence-corrected chi connectivity index (χ1v) is 9.00. The predicted molar refractivity (Wildman–Crippen MR) is 86.6 cm³/mol. The van der Waals surface area contributed by atoms with Gasteiger partial charge in [-0.2, -0.15) is 4.98 Å². The van der Waals surface area contributed by atoms with Gasteiger partial charge in [0, 0.05) is 12.1 Å². The minimum absolute atomic E-state index is 0.0280. The zero-order valence-corrected chi connectivity index (χ0v) is 14.5. The molecule has 0 aliphatic heterocycles. The number of rotatable bonds is 7. The zero-order chi connectivity index (χ0) is 17.7. The van der Waals surface area contributed by atoms with Gasteiger partial charge in [0.15, 0.2) is 5.82 Å². The van der Waals surface area contributed by atoms with Gasteiger partial charge in [-0.25, -0.2) is 13.1 Å². The van der Waals surface area contributed by atoms with E-state index in [4.69, 9.17) is 4.52 Å². The van der Waals surface area contributed by atoms with Crippen molar-refractivity contribution in [3.63, 3.8) is 0 Å². The highest BCUT2D eigenvalue weighted by Gasteiger charge is 2.23. The summed E-state index contributed by atoms with van der Waals surface area (Å²) in [5, 5.41) is 6.57. The molecule has 2 rings (SSSR count). The quantitative estimate of drug-likeness (QED) is 0.780. The number of amides is 1. The number of hydrogen-bond donors (Lipinski definition) is 2. The van der Waals surface area contributed by atoms with Gasteiger partial charge in [-0.15, -0.1) is 0 Å². The van der Waals surface area contributed by atoms with E-state index >= 15 is 0 Å². The summed E-state index contributed by atoms with van der Waals surface area (Å²) in [7, 11) is -3.62. The Morgan fingerprint density at radius 1 is 1.33 bits per heavy atom. The van der Waals surface area contributed by atoms with Gasteiger partial charge < -0.3 is 9.84 Å². The second-order valence-corrected chi connectivity index (χ2v) is 7.28. The molecule has 24 heavy (non-hydrogen) atoms. The standard InChI is InChI=1S/C15H20N4O4S/c1-4-17-24(21,22)12-7-5-6-11(8-12)15(20)18-13(10(2)3)14-16-9-23-19-14/h5-10,13,17H,4H2,1-3H3,(H,18,20). The van der Waals surface area contributed by atoms with Gasteiger partial charge >= 0.3 is 0 Å². The second kappa shape index (κ2) is 7.54. The highest BCUT2D eigenvalue weighted by atomic mass is 32.2. The molecule has 1 amide bonds. The fourth-order valence-electron chi connectivity index (χ4n) is 2.15. The van der Waals surface area contributed by atoms with Crippen LogP contribution in [0.4, 0.5) is 0 Å². The Labute approximate surface area is 140 Å². The molecule has 0 saturated heterocycles. The molecule has 2 aromatic rings. The molecule has 1 unspecified atom stereocenters. The third kappa shape index (κ3) is 4.18. The van der Waals surface area contributed by atoms with Crippen molar-refractivity contribution in [1.82, 2.24) is 20.2 Å². The lowest BCUT2D eigenvalue weighted by atomic mass is 10.0. The maximum atomic E-state index is 12.5. The van der Waals surface area contributed by atoms with Crippen molar-refractivity contribution in [1.29, 1.82) is 0 Å². The average Bonchev–Trinajstić information content (AvgIpc) is 3.06. The summed E-state index contributed by atoms with van der Waals surface area (Å²) >= 11 is 0. The molecule has 1 heterocycles. The number of nitrogens with one attached hydrogen (secondary N) is 2. The van der Waals surface area contributed by atoms with Crippen molar-refractivity contribution < 1.29 is 17.7 Å². The molecule has 9 heteroatoms. The van der Waals surface area contributed by atoms with Crippen LogP contribution in [-0.4, -0.2) is 31.0 Å². The van der Waals surface area contributed by atoms with E-state index in [0.717, 1.165) is 0 Å².